The van der Waals surface area contributed by atoms with Crippen molar-refractivity contribution in [2.45, 2.75) is 38.3 Å². The quantitative estimate of drug-likeness (QED) is 0.906. The first-order chi connectivity index (χ1) is 10.8. The van der Waals surface area contributed by atoms with E-state index in [-0.39, 0.29) is 6.10 Å². The first kappa shape index (κ1) is 15.8. The van der Waals surface area contributed by atoms with Crippen LogP contribution in [-0.2, 0) is 4.74 Å². The molecule has 1 aromatic carbocycles. The van der Waals surface area contributed by atoms with Crippen molar-refractivity contribution in [2.24, 2.45) is 5.92 Å². The van der Waals surface area contributed by atoms with Crippen LogP contribution in [-0.4, -0.2) is 55.1 Å². The molecule has 1 heterocycles. The molecule has 3 atom stereocenters. The van der Waals surface area contributed by atoms with Crippen molar-refractivity contribution in [3.05, 3.63) is 29.8 Å². The summed E-state index contributed by atoms with van der Waals surface area (Å²) in [6.45, 7) is 6.11. The minimum absolute atomic E-state index is 0.161. The van der Waals surface area contributed by atoms with Gasteiger partial charge >= 0.3 is 0 Å². The van der Waals surface area contributed by atoms with Gasteiger partial charge in [0.05, 0.1) is 19.3 Å². The smallest absolute Gasteiger partial charge is 0.122 e. The van der Waals surface area contributed by atoms with Crippen LogP contribution in [0.5, 0.6) is 5.75 Å². The zero-order valence-electron chi connectivity index (χ0n) is 13.4. The fourth-order valence-electron chi connectivity index (χ4n) is 3.74. The van der Waals surface area contributed by atoms with E-state index in [1.807, 2.05) is 18.2 Å². The highest BCUT2D eigenvalue weighted by Crippen LogP contribution is 2.32. The van der Waals surface area contributed by atoms with Gasteiger partial charge in [-0.15, -0.1) is 0 Å². The third-order valence-electron chi connectivity index (χ3n) is 5.04. The van der Waals surface area contributed by atoms with Gasteiger partial charge in [-0.1, -0.05) is 24.6 Å². The third kappa shape index (κ3) is 3.62. The summed E-state index contributed by atoms with van der Waals surface area (Å²) in [6.07, 6.45) is 3.03. The zero-order valence-corrected chi connectivity index (χ0v) is 13.4. The molecule has 4 heteroatoms. The highest BCUT2D eigenvalue weighted by atomic mass is 16.5. The van der Waals surface area contributed by atoms with Crippen LogP contribution in [0, 0.1) is 12.8 Å². The molecular weight excluding hydrogens is 278 g/mol. The maximum Gasteiger partial charge on any atom is 0.122 e. The van der Waals surface area contributed by atoms with Crippen LogP contribution in [0.1, 0.15) is 24.8 Å². The first-order valence-electron chi connectivity index (χ1n) is 8.44. The fourth-order valence-corrected chi connectivity index (χ4v) is 3.74. The summed E-state index contributed by atoms with van der Waals surface area (Å²) < 4.78 is 11.6. The van der Waals surface area contributed by atoms with Crippen molar-refractivity contribution in [2.75, 3.05) is 32.9 Å². The third-order valence-corrected chi connectivity index (χ3v) is 5.04. The summed E-state index contributed by atoms with van der Waals surface area (Å²) in [6, 6.07) is 8.47. The van der Waals surface area contributed by atoms with Crippen LogP contribution in [0.4, 0.5) is 0 Å². The van der Waals surface area contributed by atoms with Crippen molar-refractivity contribution < 1.29 is 14.6 Å². The van der Waals surface area contributed by atoms with Crippen LogP contribution < -0.4 is 4.74 Å². The number of nitrogens with zero attached hydrogens (tertiary/aromatic N) is 1. The molecule has 3 rings (SSSR count). The van der Waals surface area contributed by atoms with Gasteiger partial charge in [-0.05, 0) is 31.4 Å². The molecule has 4 nitrogen and oxygen atoms in total. The van der Waals surface area contributed by atoms with Gasteiger partial charge in [0.1, 0.15) is 12.4 Å². The summed E-state index contributed by atoms with van der Waals surface area (Å²) in [5.41, 5.74) is 1.17. The summed E-state index contributed by atoms with van der Waals surface area (Å²) in [4.78, 5) is 2.45. The number of benzene rings is 1. The number of rotatable bonds is 5. The van der Waals surface area contributed by atoms with Crippen molar-refractivity contribution >= 4 is 0 Å². The Labute approximate surface area is 133 Å². The number of aryl methyl sites for hydroxylation is 1. The molecule has 0 spiro atoms. The highest BCUT2D eigenvalue weighted by Gasteiger charge is 2.37. The number of hydrogen-bond donors (Lipinski definition) is 1. The molecule has 1 N–H and O–H groups in total. The minimum Gasteiger partial charge on any atom is -0.492 e. The molecule has 122 valence electrons. The maximum atomic E-state index is 10.2. The predicted molar refractivity (Wildman–Crippen MR) is 86.2 cm³/mol. The summed E-state index contributed by atoms with van der Waals surface area (Å²) in [7, 11) is 0. The Bertz CT molecular complexity index is 479. The number of aliphatic hydroxyl groups excluding tert-OH is 1. The molecule has 1 saturated carbocycles. The Morgan fingerprint density at radius 2 is 2.18 bits per heavy atom. The average Bonchev–Trinajstić information content (AvgIpc) is 2.96. The maximum absolute atomic E-state index is 10.2. The van der Waals surface area contributed by atoms with Gasteiger partial charge in [-0.25, -0.2) is 0 Å². The van der Waals surface area contributed by atoms with Crippen LogP contribution in [0.2, 0.25) is 0 Å². The van der Waals surface area contributed by atoms with Gasteiger partial charge in [-0.2, -0.15) is 0 Å². The van der Waals surface area contributed by atoms with E-state index in [4.69, 9.17) is 9.47 Å². The zero-order chi connectivity index (χ0) is 15.4. The molecule has 2 aliphatic rings. The van der Waals surface area contributed by atoms with Gasteiger partial charge in [0, 0.05) is 25.0 Å². The Kier molecular flexibility index (Phi) is 5.34. The number of ether oxygens (including phenoxy) is 2. The lowest BCUT2D eigenvalue weighted by molar-refractivity contribution is -0.0532. The second-order valence-electron chi connectivity index (χ2n) is 6.45. The molecule has 1 aromatic rings. The Balaban J connectivity index is 1.54. The lowest BCUT2D eigenvalue weighted by Gasteiger charge is -2.40. The highest BCUT2D eigenvalue weighted by molar-refractivity contribution is 5.31. The summed E-state index contributed by atoms with van der Waals surface area (Å²) in [5, 5.41) is 10.2. The van der Waals surface area contributed by atoms with Crippen LogP contribution >= 0.6 is 0 Å². The molecule has 2 fully saturated rings. The predicted octanol–water partition coefficient (Wildman–Crippen LogP) is 2.24. The van der Waals surface area contributed by atoms with Gasteiger partial charge in [0.2, 0.25) is 0 Å². The van der Waals surface area contributed by atoms with Crippen molar-refractivity contribution in [3.8, 4) is 5.75 Å². The van der Waals surface area contributed by atoms with E-state index in [9.17, 15) is 5.11 Å². The fraction of sp³-hybridized carbons (Fsp3) is 0.667. The monoisotopic (exact) mass is 305 g/mol. The van der Waals surface area contributed by atoms with Crippen LogP contribution in [0.3, 0.4) is 0 Å². The Hall–Kier alpha value is -1.10. The van der Waals surface area contributed by atoms with Gasteiger partial charge in [0.25, 0.3) is 0 Å². The Morgan fingerprint density at radius 3 is 2.95 bits per heavy atom. The second-order valence-corrected chi connectivity index (χ2v) is 6.45. The molecule has 1 aliphatic carbocycles. The normalized spacial score (nSPS) is 29.6. The number of para-hydroxylation sites is 1. The summed E-state index contributed by atoms with van der Waals surface area (Å²) in [5.74, 6) is 1.33. The van der Waals surface area contributed by atoms with E-state index in [0.29, 0.717) is 18.6 Å². The first-order valence-corrected chi connectivity index (χ1v) is 8.44. The largest absolute Gasteiger partial charge is 0.492 e. The number of aliphatic hydroxyl groups is 1. The van der Waals surface area contributed by atoms with Gasteiger partial charge in [-0.3, -0.25) is 4.90 Å². The molecular formula is C18H27NO3. The molecule has 1 aliphatic heterocycles. The molecule has 1 saturated heterocycles. The van der Waals surface area contributed by atoms with E-state index in [0.717, 1.165) is 51.3 Å². The van der Waals surface area contributed by atoms with Crippen LogP contribution in [0.25, 0.3) is 0 Å². The van der Waals surface area contributed by atoms with E-state index >= 15 is 0 Å². The van der Waals surface area contributed by atoms with Gasteiger partial charge < -0.3 is 14.6 Å². The molecule has 0 bridgehead atoms. The van der Waals surface area contributed by atoms with E-state index in [2.05, 4.69) is 17.9 Å². The molecule has 22 heavy (non-hydrogen) atoms. The second kappa shape index (κ2) is 7.44. The molecule has 3 unspecified atom stereocenters. The van der Waals surface area contributed by atoms with Crippen molar-refractivity contribution in [3.63, 3.8) is 0 Å². The van der Waals surface area contributed by atoms with Crippen LogP contribution in [0.15, 0.2) is 24.3 Å². The molecule has 0 radical (unpaired) electrons. The van der Waals surface area contributed by atoms with Crippen molar-refractivity contribution in [1.82, 2.24) is 4.90 Å². The molecule has 0 amide bonds. The summed E-state index contributed by atoms with van der Waals surface area (Å²) >= 11 is 0. The lowest BCUT2D eigenvalue weighted by Crippen LogP contribution is -2.52. The van der Waals surface area contributed by atoms with Gasteiger partial charge in [0.15, 0.2) is 0 Å². The Morgan fingerprint density at radius 1 is 1.32 bits per heavy atom. The van der Waals surface area contributed by atoms with E-state index < -0.39 is 0 Å². The number of hydrogen-bond acceptors (Lipinski definition) is 4. The molecule has 0 aromatic heterocycles. The lowest BCUT2D eigenvalue weighted by atomic mass is 9.94. The van der Waals surface area contributed by atoms with E-state index in [1.165, 1.54) is 5.56 Å². The van der Waals surface area contributed by atoms with Crippen molar-refractivity contribution in [1.29, 1.82) is 0 Å². The number of morpholine rings is 1. The topological polar surface area (TPSA) is 41.9 Å². The minimum atomic E-state index is -0.161. The standard InChI is InChI=1S/C18H27NO3/c1-14-5-2-3-8-18(14)22-12-10-19-9-11-21-13-16(19)15-6-4-7-17(15)20/h2-3,5,8,15-17,20H,4,6-7,9-13H2,1H3. The van der Waals surface area contributed by atoms with E-state index in [1.54, 1.807) is 0 Å². The average molecular weight is 305 g/mol. The SMILES string of the molecule is Cc1ccccc1OCCN1CCOCC1C1CCCC1O.